The van der Waals surface area contributed by atoms with Crippen LogP contribution in [-0.4, -0.2) is 18.1 Å². The number of rotatable bonds is 10. The predicted molar refractivity (Wildman–Crippen MR) is 102 cm³/mol. The number of hydrogen-bond donors (Lipinski definition) is 2. The molecule has 0 saturated carbocycles. The summed E-state index contributed by atoms with van der Waals surface area (Å²) in [6, 6.07) is 10.9. The van der Waals surface area contributed by atoms with Crippen LogP contribution in [0.4, 0.5) is 0 Å². The van der Waals surface area contributed by atoms with Crippen molar-refractivity contribution < 1.29 is 22.8 Å². The molecule has 2 rings (SSSR count). The third kappa shape index (κ3) is 6.04. The zero-order valence-electron chi connectivity index (χ0n) is 15.0. The monoisotopic (exact) mass is 378 g/mol. The molecule has 5 nitrogen and oxygen atoms in total. The Labute approximate surface area is 155 Å². The molecule has 0 aliphatic rings. The molecule has 0 saturated heterocycles. The molecular weight excluding hydrogens is 352 g/mol. The highest BCUT2D eigenvalue weighted by atomic mass is 32.2. The van der Waals surface area contributed by atoms with Crippen LogP contribution >= 0.6 is 0 Å². The zero-order chi connectivity index (χ0) is 19.0. The standard InChI is InChI=1S/C20H26O5S/c1-2-3-4-5-6-7-9-16-10-8-11-19(20(16)26(22,23)24)25-18-14-12-17(21)13-15-18/h8,10-15,21H,2-7,9H2,1H3,(H,22,23,24). The van der Waals surface area contributed by atoms with Crippen LogP contribution in [0.3, 0.4) is 0 Å². The molecule has 2 aromatic carbocycles. The number of aromatic hydroxyl groups is 1. The molecule has 142 valence electrons. The van der Waals surface area contributed by atoms with E-state index in [0.717, 1.165) is 19.3 Å². The van der Waals surface area contributed by atoms with Gasteiger partial charge in [-0.2, -0.15) is 8.42 Å². The summed E-state index contributed by atoms with van der Waals surface area (Å²) in [7, 11) is -4.42. The Morgan fingerprint density at radius 3 is 2.23 bits per heavy atom. The first-order valence-corrected chi connectivity index (χ1v) is 10.4. The largest absolute Gasteiger partial charge is 0.508 e. The molecule has 0 unspecified atom stereocenters. The van der Waals surface area contributed by atoms with Gasteiger partial charge in [-0.15, -0.1) is 0 Å². The van der Waals surface area contributed by atoms with Crippen molar-refractivity contribution in [3.05, 3.63) is 48.0 Å². The minimum Gasteiger partial charge on any atom is -0.508 e. The predicted octanol–water partition coefficient (Wildman–Crippen LogP) is 5.33. The van der Waals surface area contributed by atoms with Crippen LogP contribution in [0.5, 0.6) is 17.2 Å². The van der Waals surface area contributed by atoms with Crippen molar-refractivity contribution >= 4 is 10.1 Å². The normalized spacial score (nSPS) is 11.5. The third-order valence-corrected chi connectivity index (χ3v) is 5.16. The lowest BCUT2D eigenvalue weighted by atomic mass is 10.0. The van der Waals surface area contributed by atoms with E-state index in [1.165, 1.54) is 49.6 Å². The topological polar surface area (TPSA) is 83.8 Å². The van der Waals surface area contributed by atoms with E-state index in [4.69, 9.17) is 4.74 Å². The van der Waals surface area contributed by atoms with E-state index in [2.05, 4.69) is 6.92 Å². The van der Waals surface area contributed by atoms with Crippen LogP contribution in [0.25, 0.3) is 0 Å². The summed E-state index contributed by atoms with van der Waals surface area (Å²) in [6.45, 7) is 2.16. The summed E-state index contributed by atoms with van der Waals surface area (Å²) in [4.78, 5) is -0.179. The molecule has 0 fully saturated rings. The average Bonchev–Trinajstić information content (AvgIpc) is 2.59. The van der Waals surface area contributed by atoms with E-state index in [1.54, 1.807) is 12.1 Å². The molecule has 0 spiro atoms. The Balaban J connectivity index is 2.16. The highest BCUT2D eigenvalue weighted by Crippen LogP contribution is 2.33. The van der Waals surface area contributed by atoms with Gasteiger partial charge >= 0.3 is 0 Å². The van der Waals surface area contributed by atoms with Gasteiger partial charge in [0.15, 0.2) is 0 Å². The van der Waals surface area contributed by atoms with Gasteiger partial charge < -0.3 is 9.84 Å². The van der Waals surface area contributed by atoms with Gasteiger partial charge in [0.05, 0.1) is 0 Å². The molecule has 0 aliphatic carbocycles. The van der Waals surface area contributed by atoms with Crippen LogP contribution in [0, 0.1) is 0 Å². The van der Waals surface area contributed by atoms with E-state index in [0.29, 0.717) is 17.7 Å². The lowest BCUT2D eigenvalue weighted by Crippen LogP contribution is -2.06. The van der Waals surface area contributed by atoms with Crippen LogP contribution in [0.2, 0.25) is 0 Å². The van der Waals surface area contributed by atoms with E-state index in [-0.39, 0.29) is 16.4 Å². The van der Waals surface area contributed by atoms with Crippen LogP contribution in [0.15, 0.2) is 47.4 Å². The SMILES string of the molecule is CCCCCCCCc1cccc(Oc2ccc(O)cc2)c1S(=O)(=O)O. The lowest BCUT2D eigenvalue weighted by Gasteiger charge is -2.13. The van der Waals surface area contributed by atoms with Crippen molar-refractivity contribution in [2.24, 2.45) is 0 Å². The Kier molecular flexibility index (Phi) is 7.48. The Bertz CT molecular complexity index is 797. The summed E-state index contributed by atoms with van der Waals surface area (Å²) in [5.41, 5.74) is 0.555. The van der Waals surface area contributed by atoms with Crippen molar-refractivity contribution in [3.63, 3.8) is 0 Å². The van der Waals surface area contributed by atoms with Gasteiger partial charge in [-0.3, -0.25) is 4.55 Å². The fraction of sp³-hybridized carbons (Fsp3) is 0.400. The van der Waals surface area contributed by atoms with E-state index < -0.39 is 10.1 Å². The number of phenols is 1. The maximum absolute atomic E-state index is 11.9. The van der Waals surface area contributed by atoms with Gasteiger partial charge in [-0.05, 0) is 48.7 Å². The first kappa shape index (κ1) is 20.3. The van der Waals surface area contributed by atoms with Gasteiger partial charge in [0.25, 0.3) is 10.1 Å². The summed E-state index contributed by atoms with van der Waals surface area (Å²) in [5.74, 6) is 0.551. The number of phenolic OH excluding ortho intramolecular Hbond substituents is 1. The first-order valence-electron chi connectivity index (χ1n) is 8.98. The first-order chi connectivity index (χ1) is 12.4. The summed E-state index contributed by atoms with van der Waals surface area (Å²) < 4.78 is 39.2. The second-order valence-corrected chi connectivity index (χ2v) is 7.69. The van der Waals surface area contributed by atoms with Crippen molar-refractivity contribution in [3.8, 4) is 17.2 Å². The molecule has 0 bridgehead atoms. The van der Waals surface area contributed by atoms with Gasteiger partial charge in [-0.1, -0.05) is 51.2 Å². The summed E-state index contributed by atoms with van der Waals surface area (Å²) in [6.07, 6.45) is 7.15. The molecule has 2 aromatic rings. The molecule has 2 N–H and O–H groups in total. The molecule has 0 aliphatic heterocycles. The van der Waals surface area contributed by atoms with Crippen LogP contribution in [-0.2, 0) is 16.5 Å². The highest BCUT2D eigenvalue weighted by Gasteiger charge is 2.21. The number of hydrogen-bond acceptors (Lipinski definition) is 4. The molecule has 0 amide bonds. The number of unbranched alkanes of at least 4 members (excludes halogenated alkanes) is 5. The van der Waals surface area contributed by atoms with Gasteiger partial charge in [-0.25, -0.2) is 0 Å². The Hall–Kier alpha value is -2.05. The third-order valence-electron chi connectivity index (χ3n) is 4.18. The minimum absolute atomic E-state index is 0.0849. The Morgan fingerprint density at radius 2 is 1.58 bits per heavy atom. The van der Waals surface area contributed by atoms with Gasteiger partial charge in [0, 0.05) is 0 Å². The number of ether oxygens (including phenoxy) is 1. The maximum atomic E-state index is 11.9. The smallest absolute Gasteiger partial charge is 0.298 e. The minimum atomic E-state index is -4.42. The van der Waals surface area contributed by atoms with Crippen LogP contribution < -0.4 is 4.74 Å². The van der Waals surface area contributed by atoms with Crippen molar-refractivity contribution in [1.29, 1.82) is 0 Å². The van der Waals surface area contributed by atoms with Gasteiger partial charge in [0.1, 0.15) is 22.1 Å². The van der Waals surface area contributed by atoms with Gasteiger partial charge in [0.2, 0.25) is 0 Å². The molecule has 6 heteroatoms. The van der Waals surface area contributed by atoms with Crippen molar-refractivity contribution in [2.75, 3.05) is 0 Å². The van der Waals surface area contributed by atoms with E-state index in [1.807, 2.05) is 0 Å². The second kappa shape index (κ2) is 9.59. The van der Waals surface area contributed by atoms with E-state index in [9.17, 15) is 18.1 Å². The van der Waals surface area contributed by atoms with Crippen molar-refractivity contribution in [1.82, 2.24) is 0 Å². The molecular formula is C20H26O5S. The second-order valence-electron chi connectivity index (χ2n) is 6.33. The molecule has 0 atom stereocenters. The van der Waals surface area contributed by atoms with E-state index >= 15 is 0 Å². The fourth-order valence-electron chi connectivity index (χ4n) is 2.87. The molecule has 0 heterocycles. The summed E-state index contributed by atoms with van der Waals surface area (Å²) in [5, 5.41) is 9.33. The number of aryl methyl sites for hydroxylation is 1. The zero-order valence-corrected chi connectivity index (χ0v) is 15.8. The van der Waals surface area contributed by atoms with Crippen LogP contribution in [0.1, 0.15) is 51.0 Å². The molecule has 0 aromatic heterocycles. The Morgan fingerprint density at radius 1 is 0.923 bits per heavy atom. The lowest BCUT2D eigenvalue weighted by molar-refractivity contribution is 0.443. The fourth-order valence-corrected chi connectivity index (χ4v) is 3.73. The molecule has 26 heavy (non-hydrogen) atoms. The number of benzene rings is 2. The highest BCUT2D eigenvalue weighted by molar-refractivity contribution is 7.86. The average molecular weight is 378 g/mol. The van der Waals surface area contributed by atoms with Crippen molar-refractivity contribution in [2.45, 2.75) is 56.8 Å². The summed E-state index contributed by atoms with van der Waals surface area (Å²) >= 11 is 0. The quantitative estimate of drug-likeness (QED) is 0.431. The molecule has 0 radical (unpaired) electrons. The maximum Gasteiger partial charge on any atom is 0.298 e.